The first-order valence-corrected chi connectivity index (χ1v) is 25.8. The molecule has 0 aromatic heterocycles. The molecule has 0 aliphatic rings. The van der Waals surface area contributed by atoms with E-state index in [0.29, 0.717) is 35.5 Å². The molecule has 4 aromatic carbocycles. The number of hydrogen-bond acceptors (Lipinski definition) is 9. The first-order valence-electron chi connectivity index (χ1n) is 22.9. The first kappa shape index (κ1) is 56.3. The largest absolute Gasteiger partial charge is 2.00 e. The average Bonchev–Trinajstić information content (AvgIpc) is 3.24. The molecule has 4 rings (SSSR count). The molecule has 10 nitrogen and oxygen atoms in total. The van der Waals surface area contributed by atoms with Gasteiger partial charge >= 0.3 is 37.7 Å². The van der Waals surface area contributed by atoms with Crippen molar-refractivity contribution in [3.05, 3.63) is 96.1 Å². The Labute approximate surface area is 408 Å². The van der Waals surface area contributed by atoms with Gasteiger partial charge in [-0.3, -0.25) is 4.55 Å². The fourth-order valence-corrected chi connectivity index (χ4v) is 8.53. The Morgan fingerprint density at radius 1 is 0.492 bits per heavy atom. The molecule has 0 spiro atoms. The molecule has 0 radical (unpaired) electrons. The predicted molar refractivity (Wildman–Crippen MR) is 251 cm³/mol. The summed E-state index contributed by atoms with van der Waals surface area (Å²) in [6.45, 7) is 4.47. The summed E-state index contributed by atoms with van der Waals surface area (Å²) in [7, 11) is -9.34. The van der Waals surface area contributed by atoms with Gasteiger partial charge < -0.3 is 24.2 Å². The summed E-state index contributed by atoms with van der Waals surface area (Å²) in [5.41, 5.74) is 1.10. The minimum atomic E-state index is -4.81. The number of phenolic OH excluding ortho intramolecular Hbond substituents is 1. The van der Waals surface area contributed by atoms with Gasteiger partial charge in [-0.15, -0.1) is 5.75 Å². The molecule has 0 aliphatic heterocycles. The fourth-order valence-electron chi connectivity index (χ4n) is 7.32. The molecule has 4 aromatic rings. The molecule has 63 heavy (non-hydrogen) atoms. The third-order valence-corrected chi connectivity index (χ3v) is 12.6. The number of phenols is 1. The van der Waals surface area contributed by atoms with Crippen molar-refractivity contribution in [2.24, 2.45) is 0 Å². The minimum Gasteiger partial charge on any atom is -0.872 e. The van der Waals surface area contributed by atoms with E-state index in [2.05, 4.69) is 13.8 Å². The maximum absolute atomic E-state index is 12.3. The quantitative estimate of drug-likeness (QED) is 0.0291. The van der Waals surface area contributed by atoms with Crippen LogP contribution in [-0.2, 0) is 33.1 Å². The Morgan fingerprint density at radius 2 is 0.841 bits per heavy atom. The molecule has 13 heteroatoms. The fraction of sp³-hybridized carbons (Fsp3) is 0.520. The third kappa shape index (κ3) is 23.3. The van der Waals surface area contributed by atoms with Crippen LogP contribution in [0.3, 0.4) is 0 Å². The van der Waals surface area contributed by atoms with Crippen LogP contribution in [0.2, 0.25) is 0 Å². The van der Waals surface area contributed by atoms with Gasteiger partial charge in [0.15, 0.2) is 0 Å². The molecule has 2 N–H and O–H groups in total. The number of rotatable bonds is 30. The molecule has 0 aliphatic carbocycles. The van der Waals surface area contributed by atoms with E-state index in [1.807, 2.05) is 6.07 Å². The van der Waals surface area contributed by atoms with Crippen LogP contribution in [0.4, 0.5) is 0 Å². The normalized spacial score (nSPS) is 11.4. The number of aromatic hydroxyl groups is 1. The van der Waals surface area contributed by atoms with E-state index in [1.165, 1.54) is 115 Å². The molecule has 0 saturated carbocycles. The number of aryl methyl sites for hydroxylation is 2. The zero-order valence-corrected chi connectivity index (χ0v) is 41.6. The number of unbranched alkanes of at least 4 members (excludes halogenated alkanes) is 20. The van der Waals surface area contributed by atoms with Crippen LogP contribution < -0.4 is 14.6 Å². The maximum atomic E-state index is 12.3. The van der Waals surface area contributed by atoms with Crippen molar-refractivity contribution >= 4 is 58.0 Å². The van der Waals surface area contributed by atoms with Gasteiger partial charge in [0, 0.05) is 6.07 Å². The van der Waals surface area contributed by atoms with Crippen LogP contribution >= 0.6 is 0 Å². The molecule has 0 saturated heterocycles. The van der Waals surface area contributed by atoms with Gasteiger partial charge in [-0.25, -0.2) is 8.42 Å². The van der Waals surface area contributed by atoms with Crippen LogP contribution in [0.1, 0.15) is 166 Å². The third-order valence-electron chi connectivity index (χ3n) is 10.9. The molecule has 0 amide bonds. The summed E-state index contributed by atoms with van der Waals surface area (Å²) < 4.78 is 79.1. The monoisotopic (exact) mass is 934 g/mol. The Morgan fingerprint density at radius 3 is 1.22 bits per heavy atom. The van der Waals surface area contributed by atoms with Gasteiger partial charge in [-0.05, 0) is 73.7 Å². The van der Waals surface area contributed by atoms with Gasteiger partial charge in [0.05, 0.1) is 4.90 Å². The van der Waals surface area contributed by atoms with Crippen molar-refractivity contribution in [2.45, 2.75) is 178 Å². The summed E-state index contributed by atoms with van der Waals surface area (Å²) >= 11 is 0. The second-order valence-electron chi connectivity index (χ2n) is 16.2. The van der Waals surface area contributed by atoms with Crippen LogP contribution in [0, 0.1) is 0 Å². The maximum Gasteiger partial charge on any atom is 2.00 e. The van der Waals surface area contributed by atoms with Crippen LogP contribution in [-0.4, -0.2) is 68.8 Å². The zero-order valence-electron chi connectivity index (χ0n) is 37.7. The van der Waals surface area contributed by atoms with E-state index >= 15 is 0 Å². The van der Waals surface area contributed by atoms with Gasteiger partial charge in [0.2, 0.25) is 0 Å². The Bertz CT molecular complexity index is 1910. The predicted octanol–water partition coefficient (Wildman–Crippen LogP) is 13.2. The van der Waals surface area contributed by atoms with E-state index in [-0.39, 0.29) is 55.0 Å². The van der Waals surface area contributed by atoms with Crippen molar-refractivity contribution in [2.75, 3.05) is 0 Å². The zero-order chi connectivity index (χ0) is 45.1. The number of ether oxygens (including phenoxy) is 2. The van der Waals surface area contributed by atoms with Crippen LogP contribution in [0.5, 0.6) is 34.5 Å². The molecule has 344 valence electrons. The SMILES string of the molecule is CCCCCCCCCCCCCc1cc(Oc2ccccc2)c(S(=O)(=O)O)cc1O.CCCCCCCCCCCCCc1cc(Oc2ccccc2)c(S(=O)(=O)[O-])cc1[O-].[Ca+2]. The Hall–Kier alpha value is -2.84. The van der Waals surface area contributed by atoms with Gasteiger partial charge in [-0.2, -0.15) is 8.42 Å². The summed E-state index contributed by atoms with van der Waals surface area (Å²) in [5.74, 6) is 0.232. The number of hydrogen-bond donors (Lipinski definition) is 2. The van der Waals surface area contributed by atoms with Gasteiger partial charge in [0.1, 0.15) is 43.8 Å². The van der Waals surface area contributed by atoms with E-state index in [1.54, 1.807) is 54.6 Å². The second-order valence-corrected chi connectivity index (χ2v) is 18.9. The average molecular weight is 935 g/mol. The molecule has 0 bridgehead atoms. The van der Waals surface area contributed by atoms with E-state index in [9.17, 15) is 36.2 Å². The van der Waals surface area contributed by atoms with Crippen LogP contribution in [0.25, 0.3) is 0 Å². The first-order chi connectivity index (χ1) is 29.8. The van der Waals surface area contributed by atoms with Crippen molar-refractivity contribution in [3.8, 4) is 34.5 Å². The topological polar surface area (TPSA) is 173 Å². The van der Waals surface area contributed by atoms with Crippen molar-refractivity contribution in [3.63, 3.8) is 0 Å². The van der Waals surface area contributed by atoms with Gasteiger partial charge in [0.25, 0.3) is 10.1 Å². The van der Waals surface area contributed by atoms with Crippen molar-refractivity contribution < 1.29 is 45.6 Å². The van der Waals surface area contributed by atoms with Crippen molar-refractivity contribution in [1.82, 2.24) is 0 Å². The van der Waals surface area contributed by atoms with E-state index in [4.69, 9.17) is 9.47 Å². The molecule has 0 unspecified atom stereocenters. The van der Waals surface area contributed by atoms with Gasteiger partial charge in [-0.1, -0.05) is 184 Å². The standard InChI is InChI=1S/2C25H36O5S.Ca/c2*1-2-3-4-5-6-7-8-9-10-11-13-16-21-19-24(30-22-17-14-12-15-18-22)25(20-23(21)26)31(27,28)29;/h2*12,14-15,17-20,26H,2-11,13,16H2,1H3,(H,27,28,29);/q;;+2/p-2. The second kappa shape index (κ2) is 31.9. The molecule has 0 heterocycles. The van der Waals surface area contributed by atoms with E-state index < -0.39 is 35.8 Å². The molecule has 0 atom stereocenters. The van der Waals surface area contributed by atoms with Crippen LogP contribution in [0.15, 0.2) is 94.7 Å². The number of para-hydroxylation sites is 2. The number of benzene rings is 4. The summed E-state index contributed by atoms with van der Waals surface area (Å²) in [5, 5.41) is 22.6. The minimum absolute atomic E-state index is 0. The smallest absolute Gasteiger partial charge is 0.872 e. The molecular formula is C50H70CaO10S2. The summed E-state index contributed by atoms with van der Waals surface area (Å²) in [6.07, 6.45) is 28.1. The molecule has 0 fully saturated rings. The molecular weight excluding hydrogens is 865 g/mol. The Kier molecular flexibility index (Phi) is 28.5. The summed E-state index contributed by atoms with van der Waals surface area (Å²) in [6, 6.07) is 22.3. The van der Waals surface area contributed by atoms with Crippen molar-refractivity contribution in [1.29, 1.82) is 0 Å². The van der Waals surface area contributed by atoms with E-state index in [0.717, 1.165) is 50.7 Å². The Balaban J connectivity index is 0.000000427. The summed E-state index contributed by atoms with van der Waals surface area (Å²) in [4.78, 5) is -1.04.